The first-order valence-corrected chi connectivity index (χ1v) is 10.4. The second kappa shape index (κ2) is 7.84. The van der Waals surface area contributed by atoms with Gasteiger partial charge in [0.1, 0.15) is 21.8 Å². The molecule has 30 heavy (non-hydrogen) atoms. The molecule has 1 amide bonds. The summed E-state index contributed by atoms with van der Waals surface area (Å²) in [6.45, 7) is 0.681. The minimum absolute atomic E-state index is 0.0492. The molecule has 0 aliphatic carbocycles. The smallest absolute Gasteiger partial charge is 0.331 e. The van der Waals surface area contributed by atoms with Crippen LogP contribution in [-0.4, -0.2) is 36.1 Å². The van der Waals surface area contributed by atoms with Gasteiger partial charge in [0.25, 0.3) is 5.91 Å². The topological polar surface area (TPSA) is 93.1 Å². The van der Waals surface area contributed by atoms with Gasteiger partial charge in [-0.1, -0.05) is 29.3 Å². The lowest BCUT2D eigenvalue weighted by Crippen LogP contribution is -2.43. The van der Waals surface area contributed by atoms with E-state index in [9.17, 15) is 30.8 Å². The summed E-state index contributed by atoms with van der Waals surface area (Å²) in [6, 6.07) is -0.375. The van der Waals surface area contributed by atoms with E-state index in [2.05, 4.69) is 10.3 Å². The number of alkyl halides is 3. The molecule has 3 rings (SSSR count). The number of aromatic nitrogens is 2. The molecule has 0 spiro atoms. The van der Waals surface area contributed by atoms with Crippen LogP contribution in [0.15, 0.2) is 23.1 Å². The first-order chi connectivity index (χ1) is 13.8. The molecular weight excluding hydrogens is 475 g/mol. The normalized spacial score (nSPS) is 14.6. The standard InChI is InChI=1S/C16H12Cl2F4N4O3S/c1-7(16(20,21)22)25-30(28,29)14-9-3-2-4-26(9)13(12(14)18)15(27)23-8-5-10(17)24-11(19)6-8/h2-3,5-7,25H,4H2,1H3,(H,23,24,27). The average molecular weight is 487 g/mol. The monoisotopic (exact) mass is 486 g/mol. The van der Waals surface area contributed by atoms with E-state index < -0.39 is 44.0 Å². The molecule has 0 radical (unpaired) electrons. The van der Waals surface area contributed by atoms with Crippen molar-refractivity contribution in [3.8, 4) is 0 Å². The number of nitrogens with zero attached hydrogens (tertiary/aromatic N) is 2. The van der Waals surface area contributed by atoms with Crippen LogP contribution in [0.1, 0.15) is 23.1 Å². The number of carbonyl (C=O) groups is 1. The zero-order chi connectivity index (χ0) is 22.4. The number of anilines is 1. The van der Waals surface area contributed by atoms with Gasteiger partial charge >= 0.3 is 6.18 Å². The van der Waals surface area contributed by atoms with Gasteiger partial charge in [-0.15, -0.1) is 0 Å². The number of hydrogen-bond acceptors (Lipinski definition) is 4. The summed E-state index contributed by atoms with van der Waals surface area (Å²) in [5.41, 5.74) is -0.473. The fourth-order valence-electron chi connectivity index (χ4n) is 2.77. The lowest BCUT2D eigenvalue weighted by Gasteiger charge is -2.17. The SMILES string of the molecule is CC(NS(=O)(=O)c1c(Cl)c(C(=O)Nc2cc(F)nc(Cl)c2)n2c1C=CC2)C(F)(F)F. The first kappa shape index (κ1) is 22.5. The number of sulfonamides is 1. The molecule has 0 saturated heterocycles. The fraction of sp³-hybridized carbons (Fsp3) is 0.250. The third kappa shape index (κ3) is 4.31. The predicted molar refractivity (Wildman–Crippen MR) is 101 cm³/mol. The van der Waals surface area contributed by atoms with Gasteiger partial charge in [0.15, 0.2) is 0 Å². The van der Waals surface area contributed by atoms with Gasteiger partial charge in [-0.25, -0.2) is 13.4 Å². The Kier molecular flexibility index (Phi) is 5.89. The van der Waals surface area contributed by atoms with E-state index in [1.165, 1.54) is 21.4 Å². The Balaban J connectivity index is 2.02. The van der Waals surface area contributed by atoms with Gasteiger partial charge in [-0.3, -0.25) is 4.79 Å². The molecule has 0 aromatic carbocycles. The third-order valence-electron chi connectivity index (χ3n) is 4.09. The molecule has 1 atom stereocenters. The molecule has 1 unspecified atom stereocenters. The molecule has 2 N–H and O–H groups in total. The molecule has 1 aliphatic rings. The molecule has 1 aliphatic heterocycles. The van der Waals surface area contributed by atoms with Gasteiger partial charge < -0.3 is 9.88 Å². The minimum atomic E-state index is -4.83. The van der Waals surface area contributed by atoms with E-state index in [4.69, 9.17) is 23.2 Å². The number of fused-ring (bicyclic) bond motifs is 1. The maximum atomic E-state index is 13.4. The van der Waals surface area contributed by atoms with Crippen molar-refractivity contribution in [3.63, 3.8) is 0 Å². The molecule has 0 bridgehead atoms. The van der Waals surface area contributed by atoms with Crippen molar-refractivity contribution in [1.82, 2.24) is 14.3 Å². The molecule has 162 valence electrons. The second-order valence-corrected chi connectivity index (χ2v) is 8.65. The summed E-state index contributed by atoms with van der Waals surface area (Å²) in [4.78, 5) is 15.3. The van der Waals surface area contributed by atoms with Crippen LogP contribution in [-0.2, 0) is 16.6 Å². The maximum absolute atomic E-state index is 13.4. The van der Waals surface area contributed by atoms with Crippen LogP contribution in [0.3, 0.4) is 0 Å². The Morgan fingerprint density at radius 3 is 2.57 bits per heavy atom. The van der Waals surface area contributed by atoms with E-state index in [1.807, 2.05) is 0 Å². The number of nitrogens with one attached hydrogen (secondary N) is 2. The highest BCUT2D eigenvalue weighted by atomic mass is 35.5. The van der Waals surface area contributed by atoms with Gasteiger partial charge in [-0.2, -0.15) is 22.3 Å². The molecule has 3 heterocycles. The number of hydrogen-bond donors (Lipinski definition) is 2. The quantitative estimate of drug-likeness (QED) is 0.496. The molecule has 0 saturated carbocycles. The largest absolute Gasteiger partial charge is 0.404 e. The van der Waals surface area contributed by atoms with Crippen LogP contribution in [0.4, 0.5) is 23.2 Å². The van der Waals surface area contributed by atoms with Crippen molar-refractivity contribution in [2.75, 3.05) is 5.32 Å². The third-order valence-corrected chi connectivity index (χ3v) is 6.38. The van der Waals surface area contributed by atoms with E-state index in [-0.39, 0.29) is 28.8 Å². The molecule has 14 heteroatoms. The highest BCUT2D eigenvalue weighted by Gasteiger charge is 2.41. The summed E-state index contributed by atoms with van der Waals surface area (Å²) >= 11 is 11.8. The Labute approximate surface area is 177 Å². The summed E-state index contributed by atoms with van der Waals surface area (Å²) in [5.74, 6) is -1.89. The fourth-order valence-corrected chi connectivity index (χ4v) is 5.06. The molecule has 7 nitrogen and oxygen atoms in total. The molecule has 2 aromatic heterocycles. The number of carbonyl (C=O) groups excluding carboxylic acids is 1. The Morgan fingerprint density at radius 2 is 1.97 bits per heavy atom. The number of allylic oxidation sites excluding steroid dienone is 1. The highest BCUT2D eigenvalue weighted by molar-refractivity contribution is 7.89. The first-order valence-electron chi connectivity index (χ1n) is 8.13. The summed E-state index contributed by atoms with van der Waals surface area (Å²) in [6.07, 6.45) is -2.01. The van der Waals surface area contributed by atoms with Crippen molar-refractivity contribution >= 4 is 50.9 Å². The van der Waals surface area contributed by atoms with Crippen LogP contribution >= 0.6 is 23.2 Å². The van der Waals surface area contributed by atoms with Crippen molar-refractivity contribution in [2.24, 2.45) is 0 Å². The Hall–Kier alpha value is -2.15. The van der Waals surface area contributed by atoms with Crippen LogP contribution in [0.25, 0.3) is 6.08 Å². The van der Waals surface area contributed by atoms with E-state index in [0.717, 1.165) is 12.1 Å². The molecule has 2 aromatic rings. The van der Waals surface area contributed by atoms with Crippen molar-refractivity contribution in [3.05, 3.63) is 45.7 Å². The number of pyridine rings is 1. The van der Waals surface area contributed by atoms with Crippen LogP contribution in [0.2, 0.25) is 10.2 Å². The van der Waals surface area contributed by atoms with Crippen LogP contribution in [0.5, 0.6) is 0 Å². The van der Waals surface area contributed by atoms with Crippen LogP contribution in [0, 0.1) is 5.95 Å². The Bertz CT molecular complexity index is 1140. The van der Waals surface area contributed by atoms with Crippen molar-refractivity contribution in [2.45, 2.75) is 30.6 Å². The summed E-state index contributed by atoms with van der Waals surface area (Å²) < 4.78 is 79.8. The minimum Gasteiger partial charge on any atom is -0.331 e. The molecular formula is C16H12Cl2F4N4O3S. The van der Waals surface area contributed by atoms with E-state index in [1.54, 1.807) is 0 Å². The van der Waals surface area contributed by atoms with Gasteiger partial charge in [-0.05, 0) is 19.1 Å². The summed E-state index contributed by atoms with van der Waals surface area (Å²) in [7, 11) is -4.74. The predicted octanol–water partition coefficient (Wildman–Crippen LogP) is 3.84. The lowest BCUT2D eigenvalue weighted by molar-refractivity contribution is -0.147. The zero-order valence-corrected chi connectivity index (χ0v) is 17.2. The van der Waals surface area contributed by atoms with Crippen LogP contribution < -0.4 is 10.0 Å². The summed E-state index contributed by atoms with van der Waals surface area (Å²) in [5, 5.41) is 1.49. The van der Waals surface area contributed by atoms with Crippen molar-refractivity contribution in [1.29, 1.82) is 0 Å². The van der Waals surface area contributed by atoms with Crippen molar-refractivity contribution < 1.29 is 30.8 Å². The van der Waals surface area contributed by atoms with Gasteiger partial charge in [0.2, 0.25) is 16.0 Å². The van der Waals surface area contributed by atoms with E-state index in [0.29, 0.717) is 6.92 Å². The number of rotatable bonds is 5. The maximum Gasteiger partial charge on any atom is 0.404 e. The molecule has 0 fully saturated rings. The lowest BCUT2D eigenvalue weighted by atomic mass is 10.3. The van der Waals surface area contributed by atoms with E-state index >= 15 is 0 Å². The Morgan fingerprint density at radius 1 is 1.30 bits per heavy atom. The number of halogens is 6. The van der Waals surface area contributed by atoms with Gasteiger partial charge in [0, 0.05) is 18.3 Å². The van der Waals surface area contributed by atoms with Gasteiger partial charge in [0.05, 0.1) is 10.7 Å². The second-order valence-electron chi connectivity index (χ2n) is 6.23. The highest BCUT2D eigenvalue weighted by Crippen LogP contribution is 2.36. The number of amides is 1. The average Bonchev–Trinajstić information content (AvgIpc) is 3.11. The zero-order valence-electron chi connectivity index (χ0n) is 14.9.